The van der Waals surface area contributed by atoms with E-state index in [4.69, 9.17) is 4.74 Å². The van der Waals surface area contributed by atoms with Gasteiger partial charge in [-0.1, -0.05) is 18.2 Å². The molecule has 0 spiro atoms. The number of rotatable bonds is 8. The van der Waals surface area contributed by atoms with Crippen molar-refractivity contribution in [2.24, 2.45) is 0 Å². The lowest BCUT2D eigenvalue weighted by atomic mass is 10.2. The molecule has 0 fully saturated rings. The summed E-state index contributed by atoms with van der Waals surface area (Å²) in [7, 11) is 2.06. The number of nitrogens with zero attached hydrogens (tertiary/aromatic N) is 1. The predicted molar refractivity (Wildman–Crippen MR) is 98.9 cm³/mol. The second-order valence-electron chi connectivity index (χ2n) is 6.06. The Morgan fingerprint density at radius 1 is 1.08 bits per heavy atom. The van der Waals surface area contributed by atoms with Crippen molar-refractivity contribution < 1.29 is 9.53 Å². The highest BCUT2D eigenvalue weighted by molar-refractivity contribution is 5.94. The van der Waals surface area contributed by atoms with E-state index in [1.54, 1.807) is 12.1 Å². The van der Waals surface area contributed by atoms with E-state index >= 15 is 0 Å². The van der Waals surface area contributed by atoms with Gasteiger partial charge >= 0.3 is 0 Å². The van der Waals surface area contributed by atoms with Crippen LogP contribution in [0.5, 0.6) is 5.75 Å². The molecule has 0 radical (unpaired) electrons. The molecule has 2 aromatic carbocycles. The van der Waals surface area contributed by atoms with Crippen molar-refractivity contribution in [2.45, 2.75) is 26.4 Å². The van der Waals surface area contributed by atoms with E-state index in [0.717, 1.165) is 18.7 Å². The minimum absolute atomic E-state index is 0.0477. The standard InChI is InChI=1S/C20H26N2O2/c1-16(2)24-19-12-10-17(11-13-19)20(23)21-14-7-15-22(3)18-8-5-4-6-9-18/h4-6,8-13,16H,7,14-15H2,1-3H3,(H,21,23). The Morgan fingerprint density at radius 3 is 2.38 bits per heavy atom. The summed E-state index contributed by atoms with van der Waals surface area (Å²) in [4.78, 5) is 14.3. The molecule has 0 saturated heterocycles. The van der Waals surface area contributed by atoms with Crippen molar-refractivity contribution in [3.05, 3.63) is 60.2 Å². The van der Waals surface area contributed by atoms with Gasteiger partial charge < -0.3 is 15.0 Å². The maximum atomic E-state index is 12.1. The Hall–Kier alpha value is -2.49. The molecular formula is C20H26N2O2. The molecule has 0 heterocycles. The lowest BCUT2D eigenvalue weighted by molar-refractivity contribution is 0.0953. The summed E-state index contributed by atoms with van der Waals surface area (Å²) >= 11 is 0. The van der Waals surface area contributed by atoms with Crippen LogP contribution in [-0.2, 0) is 0 Å². The summed E-state index contributed by atoms with van der Waals surface area (Å²) in [5.74, 6) is 0.736. The minimum Gasteiger partial charge on any atom is -0.491 e. The molecule has 1 N–H and O–H groups in total. The van der Waals surface area contributed by atoms with Crippen molar-refractivity contribution in [3.63, 3.8) is 0 Å². The Balaban J connectivity index is 1.73. The SMILES string of the molecule is CC(C)Oc1ccc(C(=O)NCCCN(C)c2ccccc2)cc1. The largest absolute Gasteiger partial charge is 0.491 e. The molecule has 0 aliphatic rings. The second kappa shape index (κ2) is 8.96. The summed E-state index contributed by atoms with van der Waals surface area (Å²) in [6, 6.07) is 17.5. The van der Waals surface area contributed by atoms with Crippen LogP contribution < -0.4 is 15.0 Å². The van der Waals surface area contributed by atoms with E-state index in [2.05, 4.69) is 29.4 Å². The summed E-state index contributed by atoms with van der Waals surface area (Å²) in [6.45, 7) is 5.51. The summed E-state index contributed by atoms with van der Waals surface area (Å²) in [5.41, 5.74) is 1.84. The van der Waals surface area contributed by atoms with Gasteiger partial charge in [0.1, 0.15) is 5.75 Å². The minimum atomic E-state index is -0.0477. The van der Waals surface area contributed by atoms with Gasteiger partial charge in [-0.25, -0.2) is 0 Å². The van der Waals surface area contributed by atoms with E-state index in [1.165, 1.54) is 5.69 Å². The summed E-state index contributed by atoms with van der Waals surface area (Å²) in [5, 5.41) is 2.96. The summed E-state index contributed by atoms with van der Waals surface area (Å²) in [6.07, 6.45) is 1.03. The number of hydrogen-bond acceptors (Lipinski definition) is 3. The van der Waals surface area contributed by atoms with Gasteiger partial charge in [0.15, 0.2) is 0 Å². The molecule has 0 aliphatic carbocycles. The quantitative estimate of drug-likeness (QED) is 0.752. The number of ether oxygens (including phenoxy) is 1. The van der Waals surface area contributed by atoms with Gasteiger partial charge in [-0.15, -0.1) is 0 Å². The first-order chi connectivity index (χ1) is 11.6. The van der Waals surface area contributed by atoms with Crippen LogP contribution in [0, 0.1) is 0 Å². The molecule has 0 aromatic heterocycles. The monoisotopic (exact) mass is 326 g/mol. The fourth-order valence-electron chi connectivity index (χ4n) is 2.39. The van der Waals surface area contributed by atoms with Crippen molar-refractivity contribution in [1.29, 1.82) is 0 Å². The fraction of sp³-hybridized carbons (Fsp3) is 0.350. The molecule has 24 heavy (non-hydrogen) atoms. The molecule has 4 nitrogen and oxygen atoms in total. The number of para-hydroxylation sites is 1. The van der Waals surface area contributed by atoms with Crippen molar-refractivity contribution in [1.82, 2.24) is 5.32 Å². The van der Waals surface area contributed by atoms with Crippen LogP contribution in [-0.4, -0.2) is 32.1 Å². The first-order valence-electron chi connectivity index (χ1n) is 8.37. The Kier molecular flexibility index (Phi) is 6.67. The molecule has 0 atom stereocenters. The average molecular weight is 326 g/mol. The lowest BCUT2D eigenvalue weighted by Crippen LogP contribution is -2.28. The Morgan fingerprint density at radius 2 is 1.75 bits per heavy atom. The van der Waals surface area contributed by atoms with E-state index in [0.29, 0.717) is 12.1 Å². The molecular weight excluding hydrogens is 300 g/mol. The highest BCUT2D eigenvalue weighted by Crippen LogP contribution is 2.14. The zero-order chi connectivity index (χ0) is 17.4. The van der Waals surface area contributed by atoms with Crippen LogP contribution in [0.4, 0.5) is 5.69 Å². The first kappa shape index (κ1) is 17.9. The molecule has 1 amide bonds. The third kappa shape index (κ3) is 5.61. The predicted octanol–water partition coefficient (Wildman–Crippen LogP) is 3.73. The number of benzene rings is 2. The number of hydrogen-bond donors (Lipinski definition) is 1. The van der Waals surface area contributed by atoms with Crippen molar-refractivity contribution in [3.8, 4) is 5.75 Å². The maximum absolute atomic E-state index is 12.1. The molecule has 128 valence electrons. The van der Waals surface area contributed by atoms with E-state index in [1.807, 2.05) is 44.2 Å². The van der Waals surface area contributed by atoms with Crippen LogP contribution >= 0.6 is 0 Å². The number of carbonyl (C=O) groups excluding carboxylic acids is 1. The maximum Gasteiger partial charge on any atom is 0.251 e. The average Bonchev–Trinajstić information content (AvgIpc) is 2.59. The van der Waals surface area contributed by atoms with Gasteiger partial charge in [-0.3, -0.25) is 4.79 Å². The topological polar surface area (TPSA) is 41.6 Å². The van der Waals surface area contributed by atoms with E-state index in [9.17, 15) is 4.79 Å². The van der Waals surface area contributed by atoms with Gasteiger partial charge in [0.25, 0.3) is 5.91 Å². The van der Waals surface area contributed by atoms with Crippen LogP contribution in [0.15, 0.2) is 54.6 Å². The van der Waals surface area contributed by atoms with Crippen LogP contribution in [0.1, 0.15) is 30.6 Å². The summed E-state index contributed by atoms with van der Waals surface area (Å²) < 4.78 is 5.58. The van der Waals surface area contributed by atoms with Crippen molar-refractivity contribution in [2.75, 3.05) is 25.0 Å². The molecule has 0 bridgehead atoms. The van der Waals surface area contributed by atoms with Gasteiger partial charge in [-0.05, 0) is 56.7 Å². The molecule has 0 unspecified atom stereocenters. The molecule has 0 saturated carbocycles. The molecule has 2 aromatic rings. The van der Waals surface area contributed by atoms with Crippen molar-refractivity contribution >= 4 is 11.6 Å². The zero-order valence-corrected chi connectivity index (χ0v) is 14.7. The first-order valence-corrected chi connectivity index (χ1v) is 8.37. The highest BCUT2D eigenvalue weighted by Gasteiger charge is 2.06. The van der Waals surface area contributed by atoms with Gasteiger partial charge in [0, 0.05) is 31.4 Å². The van der Waals surface area contributed by atoms with Gasteiger partial charge in [0.05, 0.1) is 6.10 Å². The number of amides is 1. The lowest BCUT2D eigenvalue weighted by Gasteiger charge is -2.19. The third-order valence-electron chi connectivity index (χ3n) is 3.64. The number of anilines is 1. The van der Waals surface area contributed by atoms with Crippen LogP contribution in [0.3, 0.4) is 0 Å². The number of nitrogens with one attached hydrogen (secondary N) is 1. The third-order valence-corrected chi connectivity index (χ3v) is 3.64. The van der Waals surface area contributed by atoms with Gasteiger partial charge in [-0.2, -0.15) is 0 Å². The number of carbonyl (C=O) groups is 1. The fourth-order valence-corrected chi connectivity index (χ4v) is 2.39. The van der Waals surface area contributed by atoms with E-state index < -0.39 is 0 Å². The zero-order valence-electron chi connectivity index (χ0n) is 14.7. The van der Waals surface area contributed by atoms with Gasteiger partial charge in [0.2, 0.25) is 0 Å². The second-order valence-corrected chi connectivity index (χ2v) is 6.06. The Bertz CT molecular complexity index is 624. The molecule has 2 rings (SSSR count). The van der Waals surface area contributed by atoms with Crippen LogP contribution in [0.25, 0.3) is 0 Å². The normalized spacial score (nSPS) is 10.5. The highest BCUT2D eigenvalue weighted by atomic mass is 16.5. The van der Waals surface area contributed by atoms with Crippen LogP contribution in [0.2, 0.25) is 0 Å². The molecule has 0 aliphatic heterocycles. The Labute approximate surface area is 144 Å². The molecule has 4 heteroatoms. The van der Waals surface area contributed by atoms with E-state index in [-0.39, 0.29) is 12.0 Å². The smallest absolute Gasteiger partial charge is 0.251 e.